The van der Waals surface area contributed by atoms with Gasteiger partial charge >= 0.3 is 11.9 Å². The van der Waals surface area contributed by atoms with E-state index in [-0.39, 0.29) is 30.8 Å². The molecule has 0 fully saturated rings. The maximum absolute atomic E-state index is 11.1. The first-order chi connectivity index (χ1) is 8.09. The number of carbonyl (C=O) groups is 2. The van der Waals surface area contributed by atoms with Gasteiger partial charge in [0.1, 0.15) is 5.56 Å². The zero-order chi connectivity index (χ0) is 12.4. The zero-order valence-corrected chi connectivity index (χ0v) is 12.8. The molecule has 0 atom stereocenters. The van der Waals surface area contributed by atoms with Crippen molar-refractivity contribution in [1.29, 1.82) is 0 Å². The third kappa shape index (κ3) is 2.74. The summed E-state index contributed by atoms with van der Waals surface area (Å²) >= 11 is 0. The second-order valence-corrected chi connectivity index (χ2v) is 3.56. The number of rotatable bonds is 2. The largest absolute Gasteiger partial charge is 0.478 e. The van der Waals surface area contributed by atoms with E-state index in [1.54, 1.807) is 18.2 Å². The van der Waals surface area contributed by atoms with Gasteiger partial charge in [-0.2, -0.15) is 0 Å². The number of hydrogen-bond acceptors (Lipinski definition) is 3. The summed E-state index contributed by atoms with van der Waals surface area (Å²) in [6.07, 6.45) is 0. The van der Waals surface area contributed by atoms with Crippen molar-refractivity contribution >= 4 is 22.7 Å². The zero-order valence-electron chi connectivity index (χ0n) is 9.84. The Balaban J connectivity index is 0.00000162. The van der Waals surface area contributed by atoms with Crippen LogP contribution in [0.2, 0.25) is 0 Å². The molecule has 0 heterocycles. The van der Waals surface area contributed by atoms with Crippen molar-refractivity contribution in [3.05, 3.63) is 42.0 Å². The molecule has 1 N–H and O–H groups in total. The standard InChI is InChI=1S/C13H10O4.Zn/c1-8(14)17-12-10-5-3-2-4-9(10)6-7-11(12)13(15)16;/h2-7H,1H3,(H,15,16);. The van der Waals surface area contributed by atoms with Crippen molar-refractivity contribution in [3.63, 3.8) is 0 Å². The molecule has 0 spiro atoms. The van der Waals surface area contributed by atoms with E-state index in [1.165, 1.54) is 13.0 Å². The van der Waals surface area contributed by atoms with E-state index in [2.05, 4.69) is 0 Å². The van der Waals surface area contributed by atoms with Gasteiger partial charge < -0.3 is 9.84 Å². The Morgan fingerprint density at radius 1 is 1.11 bits per heavy atom. The first kappa shape index (κ1) is 14.3. The molecule has 18 heavy (non-hydrogen) atoms. The van der Waals surface area contributed by atoms with Crippen LogP contribution in [0.5, 0.6) is 5.75 Å². The number of carboxylic acid groups (broad SMARTS) is 1. The fourth-order valence-electron chi connectivity index (χ4n) is 1.67. The molecule has 4 nitrogen and oxygen atoms in total. The van der Waals surface area contributed by atoms with Gasteiger partial charge in [-0.05, 0) is 11.5 Å². The van der Waals surface area contributed by atoms with Crippen LogP contribution >= 0.6 is 0 Å². The number of ether oxygens (including phenoxy) is 1. The number of carboxylic acids is 1. The smallest absolute Gasteiger partial charge is 0.339 e. The molecule has 0 amide bonds. The van der Waals surface area contributed by atoms with Gasteiger partial charge in [-0.3, -0.25) is 4.79 Å². The molecule has 5 heteroatoms. The van der Waals surface area contributed by atoms with Crippen LogP contribution in [0.4, 0.5) is 0 Å². The van der Waals surface area contributed by atoms with Gasteiger partial charge in [0.2, 0.25) is 0 Å². The third-order valence-electron chi connectivity index (χ3n) is 2.36. The van der Waals surface area contributed by atoms with Crippen LogP contribution in [-0.2, 0) is 24.3 Å². The predicted molar refractivity (Wildman–Crippen MR) is 62.2 cm³/mol. The first-order valence-electron chi connectivity index (χ1n) is 5.03. The van der Waals surface area contributed by atoms with Crippen molar-refractivity contribution in [2.75, 3.05) is 0 Å². The summed E-state index contributed by atoms with van der Waals surface area (Å²) < 4.78 is 5.00. The molecule has 0 unspecified atom stereocenters. The van der Waals surface area contributed by atoms with Crippen LogP contribution in [0.15, 0.2) is 36.4 Å². The minimum atomic E-state index is -1.12. The minimum Gasteiger partial charge on any atom is -0.478 e. The molecular weight excluding hydrogens is 286 g/mol. The third-order valence-corrected chi connectivity index (χ3v) is 2.36. The average molecular weight is 296 g/mol. The van der Waals surface area contributed by atoms with E-state index >= 15 is 0 Å². The summed E-state index contributed by atoms with van der Waals surface area (Å²) in [5.74, 6) is -1.56. The second-order valence-electron chi connectivity index (χ2n) is 3.56. The summed E-state index contributed by atoms with van der Waals surface area (Å²) in [4.78, 5) is 22.1. The van der Waals surface area contributed by atoms with E-state index in [9.17, 15) is 9.59 Å². The van der Waals surface area contributed by atoms with Gasteiger partial charge in [-0.15, -0.1) is 0 Å². The Hall–Kier alpha value is -1.74. The Labute approximate surface area is 116 Å². The molecule has 0 saturated carbocycles. The van der Waals surface area contributed by atoms with Gasteiger partial charge in [0.25, 0.3) is 0 Å². The molecule has 0 aliphatic carbocycles. The quantitative estimate of drug-likeness (QED) is 0.525. The molecule has 88 valence electrons. The number of hydrogen-bond donors (Lipinski definition) is 1. The summed E-state index contributed by atoms with van der Waals surface area (Å²) in [5.41, 5.74) is -0.0149. The summed E-state index contributed by atoms with van der Waals surface area (Å²) in [6.45, 7) is 1.24. The van der Waals surface area contributed by atoms with E-state index < -0.39 is 11.9 Å². The van der Waals surface area contributed by atoms with Gasteiger partial charge in [-0.1, -0.05) is 30.3 Å². The van der Waals surface area contributed by atoms with Crippen LogP contribution in [0.3, 0.4) is 0 Å². The van der Waals surface area contributed by atoms with Crippen molar-refractivity contribution in [1.82, 2.24) is 0 Å². The topological polar surface area (TPSA) is 63.6 Å². The monoisotopic (exact) mass is 294 g/mol. The molecule has 0 aromatic heterocycles. The Morgan fingerprint density at radius 3 is 2.39 bits per heavy atom. The predicted octanol–water partition coefficient (Wildman–Crippen LogP) is 2.46. The maximum atomic E-state index is 11.1. The van der Waals surface area contributed by atoms with Gasteiger partial charge in [0, 0.05) is 31.8 Å². The van der Waals surface area contributed by atoms with Crippen LogP contribution in [0, 0.1) is 0 Å². The number of benzene rings is 2. The molecule has 2 aromatic rings. The van der Waals surface area contributed by atoms with E-state index in [0.717, 1.165) is 5.39 Å². The van der Waals surface area contributed by atoms with Crippen LogP contribution < -0.4 is 4.74 Å². The first-order valence-corrected chi connectivity index (χ1v) is 5.03. The number of fused-ring (bicyclic) bond motifs is 1. The normalized spacial score (nSPS) is 9.61. The van der Waals surface area contributed by atoms with Crippen molar-refractivity contribution < 1.29 is 38.9 Å². The number of esters is 1. The maximum Gasteiger partial charge on any atom is 0.339 e. The molecular formula is C13H10O4Zn. The molecule has 2 aromatic carbocycles. The van der Waals surface area contributed by atoms with Crippen LogP contribution in [0.25, 0.3) is 10.8 Å². The fourth-order valence-corrected chi connectivity index (χ4v) is 1.67. The van der Waals surface area contributed by atoms with Crippen LogP contribution in [0.1, 0.15) is 17.3 Å². The minimum absolute atomic E-state index is 0. The summed E-state index contributed by atoms with van der Waals surface area (Å²) in [7, 11) is 0. The fraction of sp³-hybridized carbons (Fsp3) is 0.0769. The van der Waals surface area contributed by atoms with Gasteiger partial charge in [-0.25, -0.2) is 4.79 Å². The van der Waals surface area contributed by atoms with Crippen LogP contribution in [-0.4, -0.2) is 17.0 Å². The second kappa shape index (κ2) is 5.74. The summed E-state index contributed by atoms with van der Waals surface area (Å²) in [6, 6.07) is 10.3. The molecule has 0 aliphatic heterocycles. The molecule has 0 saturated heterocycles. The average Bonchev–Trinajstić information content (AvgIpc) is 2.28. The van der Waals surface area contributed by atoms with Crippen molar-refractivity contribution in [3.8, 4) is 5.75 Å². The van der Waals surface area contributed by atoms with E-state index in [0.29, 0.717) is 5.39 Å². The Morgan fingerprint density at radius 2 is 1.78 bits per heavy atom. The molecule has 0 bridgehead atoms. The van der Waals surface area contributed by atoms with E-state index in [4.69, 9.17) is 9.84 Å². The molecule has 2 rings (SSSR count). The molecule has 0 aliphatic rings. The van der Waals surface area contributed by atoms with Crippen molar-refractivity contribution in [2.24, 2.45) is 0 Å². The van der Waals surface area contributed by atoms with E-state index in [1.807, 2.05) is 12.1 Å². The van der Waals surface area contributed by atoms with Crippen molar-refractivity contribution in [2.45, 2.75) is 6.92 Å². The van der Waals surface area contributed by atoms with Gasteiger partial charge in [0.15, 0.2) is 5.75 Å². The van der Waals surface area contributed by atoms with Gasteiger partial charge in [0.05, 0.1) is 0 Å². The number of aromatic carboxylic acids is 1. The SMILES string of the molecule is CC(=O)Oc1c(C(=O)O)ccc2ccccc12.[Zn]. The summed E-state index contributed by atoms with van der Waals surface area (Å²) in [5, 5.41) is 10.5. The Kier molecular flexibility index (Phi) is 4.57. The number of carbonyl (C=O) groups excluding carboxylic acids is 1. The molecule has 0 radical (unpaired) electrons. The Bertz CT molecular complexity index is 607.